The van der Waals surface area contributed by atoms with Gasteiger partial charge in [0.1, 0.15) is 0 Å². The van der Waals surface area contributed by atoms with Gasteiger partial charge in [-0.25, -0.2) is 0 Å². The van der Waals surface area contributed by atoms with Crippen LogP contribution in [0.3, 0.4) is 0 Å². The van der Waals surface area contributed by atoms with E-state index >= 15 is 0 Å². The van der Waals surface area contributed by atoms with Crippen molar-refractivity contribution in [1.29, 1.82) is 0 Å². The average molecular weight is 409 g/mol. The van der Waals surface area contributed by atoms with E-state index < -0.39 is 28.8 Å². The molecule has 0 saturated heterocycles. The van der Waals surface area contributed by atoms with Gasteiger partial charge in [0.2, 0.25) is 11.6 Å². The third kappa shape index (κ3) is 4.45. The number of hydrogen-bond donors (Lipinski definition) is 1. The topological polar surface area (TPSA) is 82.1 Å². The highest BCUT2D eigenvalue weighted by Gasteiger charge is 2.31. The number of anilines is 1. The molecule has 1 aromatic heterocycles. The van der Waals surface area contributed by atoms with Gasteiger partial charge < -0.3 is 14.9 Å². The molecular weight excluding hydrogens is 395 g/mol. The monoisotopic (exact) mass is 409 g/mol. The van der Waals surface area contributed by atoms with Gasteiger partial charge >= 0.3 is 6.18 Å². The maximum atomic E-state index is 12.8. The molecule has 1 unspecified atom stereocenters. The summed E-state index contributed by atoms with van der Waals surface area (Å²) in [4.78, 5) is 12.4. The van der Waals surface area contributed by atoms with Crippen LogP contribution in [0.25, 0.3) is 5.69 Å². The van der Waals surface area contributed by atoms with Gasteiger partial charge in [0.25, 0.3) is 5.03 Å². The van der Waals surface area contributed by atoms with Crippen LogP contribution in [0.1, 0.15) is 12.5 Å². The van der Waals surface area contributed by atoms with Crippen molar-refractivity contribution in [3.63, 3.8) is 0 Å². The van der Waals surface area contributed by atoms with Crippen LogP contribution in [0, 0.1) is 0 Å². The van der Waals surface area contributed by atoms with E-state index in [1.807, 2.05) is 0 Å². The number of nitrogens with one attached hydrogen (secondary N) is 1. The van der Waals surface area contributed by atoms with Crippen molar-refractivity contribution in [2.45, 2.75) is 23.4 Å². The number of carbonyl (C=O) groups is 1. The molecule has 1 amide bonds. The zero-order valence-corrected chi connectivity index (χ0v) is 15.3. The number of hydrogen-bond acceptors (Lipinski definition) is 5. The normalized spacial score (nSPS) is 12.6. The van der Waals surface area contributed by atoms with Crippen molar-refractivity contribution < 1.29 is 32.3 Å². The highest BCUT2D eigenvalue weighted by atomic mass is 32.2. The molecule has 3 rings (SSSR count). The number of halogens is 3. The van der Waals surface area contributed by atoms with Crippen molar-refractivity contribution in [2.24, 2.45) is 0 Å². The molecule has 3 aromatic rings. The Hall–Kier alpha value is -3.01. The lowest BCUT2D eigenvalue weighted by atomic mass is 10.2. The van der Waals surface area contributed by atoms with Crippen molar-refractivity contribution in [3.8, 4) is 11.6 Å². The van der Waals surface area contributed by atoms with Crippen LogP contribution >= 0.6 is 11.8 Å². The fraction of sp³-hybridized carbons (Fsp3) is 0.167. The lowest BCUT2D eigenvalue weighted by molar-refractivity contribution is -0.705. The Bertz CT molecular complexity index is 977. The lowest BCUT2D eigenvalue weighted by Crippen LogP contribution is -2.36. The number of benzene rings is 2. The quantitative estimate of drug-likeness (QED) is 0.517. The van der Waals surface area contributed by atoms with Gasteiger partial charge in [-0.15, -0.1) is 0 Å². The van der Waals surface area contributed by atoms with Crippen LogP contribution in [0.5, 0.6) is 5.95 Å². The summed E-state index contributed by atoms with van der Waals surface area (Å²) in [6.45, 7) is 1.52. The molecule has 1 N–H and O–H groups in total. The molecule has 0 saturated carbocycles. The zero-order valence-electron chi connectivity index (χ0n) is 14.4. The highest BCUT2D eigenvalue weighted by Crippen LogP contribution is 2.31. The fourth-order valence-electron chi connectivity index (χ4n) is 2.31. The predicted octanol–water partition coefficient (Wildman–Crippen LogP) is 3.16. The highest BCUT2D eigenvalue weighted by molar-refractivity contribution is 8.00. The molecule has 10 heteroatoms. The minimum atomic E-state index is -4.51. The van der Waals surface area contributed by atoms with Gasteiger partial charge in [0.15, 0.2) is 5.95 Å². The summed E-state index contributed by atoms with van der Waals surface area (Å²) in [6, 6.07) is 13.0. The summed E-state index contributed by atoms with van der Waals surface area (Å²) in [5.41, 5.74) is -0.286. The lowest BCUT2D eigenvalue weighted by Gasteiger charge is -2.12. The minimum absolute atomic E-state index is 0.0101. The van der Waals surface area contributed by atoms with Crippen molar-refractivity contribution in [1.82, 2.24) is 5.27 Å². The van der Waals surface area contributed by atoms with Crippen LogP contribution in [0.2, 0.25) is 0 Å². The number of amides is 1. The van der Waals surface area contributed by atoms with Crippen LogP contribution in [-0.4, -0.2) is 16.4 Å². The Morgan fingerprint density at radius 3 is 2.61 bits per heavy atom. The summed E-state index contributed by atoms with van der Waals surface area (Å²) >= 11 is 0.895. The first-order valence-electron chi connectivity index (χ1n) is 8.05. The summed E-state index contributed by atoms with van der Waals surface area (Å²) in [6.07, 6.45) is -4.51. The second kappa shape index (κ2) is 7.93. The molecule has 0 spiro atoms. The van der Waals surface area contributed by atoms with Crippen molar-refractivity contribution >= 4 is 23.4 Å². The third-order valence-electron chi connectivity index (χ3n) is 3.69. The van der Waals surface area contributed by atoms with E-state index in [0.717, 1.165) is 23.9 Å². The number of carbonyl (C=O) groups excluding carboxylic acids is 1. The maximum Gasteiger partial charge on any atom is 0.416 e. The summed E-state index contributed by atoms with van der Waals surface area (Å²) in [5, 5.41) is 17.3. The largest absolute Gasteiger partial charge is 0.538 e. The summed E-state index contributed by atoms with van der Waals surface area (Å²) in [5.74, 6) is -1.28. The van der Waals surface area contributed by atoms with Crippen LogP contribution in [0.15, 0.2) is 64.1 Å². The van der Waals surface area contributed by atoms with Gasteiger partial charge in [-0.3, -0.25) is 4.79 Å². The number of rotatable bonds is 5. The fourth-order valence-corrected chi connectivity index (χ4v) is 3.18. The van der Waals surface area contributed by atoms with E-state index in [1.54, 1.807) is 30.3 Å². The molecule has 146 valence electrons. The smallest absolute Gasteiger partial charge is 0.416 e. The Kier molecular flexibility index (Phi) is 5.59. The first-order chi connectivity index (χ1) is 13.3. The SMILES string of the molecule is CC(Sc1c([O-])on[n+]1-c1ccccc1)C(=O)Nc1cccc(C(F)(F)F)c1. The molecule has 1 atom stereocenters. The number of aromatic nitrogens is 2. The van der Waals surface area contributed by atoms with Gasteiger partial charge in [-0.2, -0.15) is 13.2 Å². The molecule has 1 heterocycles. The summed E-state index contributed by atoms with van der Waals surface area (Å²) in [7, 11) is 0. The molecule has 0 aliphatic heterocycles. The molecule has 6 nitrogen and oxygen atoms in total. The maximum absolute atomic E-state index is 12.8. The van der Waals surface area contributed by atoms with Gasteiger partial charge in [0, 0.05) is 17.8 Å². The second-order valence-electron chi connectivity index (χ2n) is 5.74. The van der Waals surface area contributed by atoms with Crippen molar-refractivity contribution in [2.75, 3.05) is 5.32 Å². The zero-order chi connectivity index (χ0) is 20.3. The Morgan fingerprint density at radius 1 is 1.21 bits per heavy atom. The molecule has 0 aliphatic carbocycles. The second-order valence-corrected chi connectivity index (χ2v) is 7.07. The molecule has 0 fully saturated rings. The first-order valence-corrected chi connectivity index (χ1v) is 8.93. The van der Waals surface area contributed by atoms with E-state index in [1.165, 1.54) is 23.7 Å². The third-order valence-corrected chi connectivity index (χ3v) is 4.82. The van der Waals surface area contributed by atoms with Gasteiger partial charge in [-0.1, -0.05) is 24.3 Å². The van der Waals surface area contributed by atoms with E-state index in [4.69, 9.17) is 0 Å². The molecule has 0 radical (unpaired) electrons. The number of alkyl halides is 3. The number of para-hydroxylation sites is 1. The molecular formula is C18H14F3N3O3S. The average Bonchev–Trinajstić information content (AvgIpc) is 3.02. The predicted molar refractivity (Wildman–Crippen MR) is 92.9 cm³/mol. The first kappa shape index (κ1) is 19.7. The molecule has 0 bridgehead atoms. The number of thioether (sulfide) groups is 1. The minimum Gasteiger partial charge on any atom is -0.538 e. The van der Waals surface area contributed by atoms with Crippen LogP contribution < -0.4 is 15.1 Å². The van der Waals surface area contributed by atoms with Gasteiger partial charge in [-0.05, 0) is 41.6 Å². The van der Waals surface area contributed by atoms with E-state index in [0.29, 0.717) is 5.69 Å². The van der Waals surface area contributed by atoms with E-state index in [-0.39, 0.29) is 10.7 Å². The number of nitrogens with zero attached hydrogens (tertiary/aromatic N) is 2. The Balaban J connectivity index is 1.75. The standard InChI is InChI=1S/C18H14F3N3O3S/c1-11(15(25)22-13-7-5-6-12(10-13)18(19,20)21)28-16-17(26)27-23-24(16)14-8-3-2-4-9-14/h2-11H,1H3,(H-,22,23,25,26). The molecule has 0 aliphatic rings. The van der Waals surface area contributed by atoms with Crippen molar-refractivity contribution in [3.05, 3.63) is 60.2 Å². The van der Waals surface area contributed by atoms with Gasteiger partial charge in [0.05, 0.1) is 16.1 Å². The van der Waals surface area contributed by atoms with E-state index in [9.17, 15) is 23.1 Å². The Morgan fingerprint density at radius 2 is 1.93 bits per heavy atom. The van der Waals surface area contributed by atoms with Crippen LogP contribution in [0.4, 0.5) is 18.9 Å². The Labute approximate surface area is 161 Å². The summed E-state index contributed by atoms with van der Waals surface area (Å²) < 4.78 is 44.3. The molecule has 2 aromatic carbocycles. The van der Waals surface area contributed by atoms with E-state index in [2.05, 4.69) is 15.1 Å². The van der Waals surface area contributed by atoms with Crippen LogP contribution in [-0.2, 0) is 11.0 Å². The molecule has 28 heavy (non-hydrogen) atoms.